The number of fused-ring (bicyclic) bond motifs is 1. The molecule has 0 unspecified atom stereocenters. The molecule has 0 aliphatic heterocycles. The molecule has 2 aromatic carbocycles. The van der Waals surface area contributed by atoms with Crippen LogP contribution in [0.25, 0.3) is 0 Å². The van der Waals surface area contributed by atoms with E-state index in [1.807, 2.05) is 24.3 Å². The van der Waals surface area contributed by atoms with Crippen LogP contribution >= 0.6 is 11.6 Å². The van der Waals surface area contributed by atoms with Crippen LogP contribution in [0, 0.1) is 0 Å². The van der Waals surface area contributed by atoms with Gasteiger partial charge in [0.2, 0.25) is 0 Å². The van der Waals surface area contributed by atoms with Crippen molar-refractivity contribution < 1.29 is 0 Å². The summed E-state index contributed by atoms with van der Waals surface area (Å²) in [6.45, 7) is 2.58. The van der Waals surface area contributed by atoms with Crippen LogP contribution in [0.3, 0.4) is 0 Å². The van der Waals surface area contributed by atoms with E-state index in [0.717, 1.165) is 30.5 Å². The van der Waals surface area contributed by atoms with Crippen LogP contribution in [-0.4, -0.2) is 20.1 Å². The second-order valence-electron chi connectivity index (χ2n) is 7.65. The number of hydrogen-bond donors (Lipinski definition) is 0. The van der Waals surface area contributed by atoms with Crippen LogP contribution in [0.4, 0.5) is 0 Å². The third-order valence-corrected chi connectivity index (χ3v) is 6.38. The predicted octanol–water partition coefficient (Wildman–Crippen LogP) is 4.06. The number of benzene rings is 2. The van der Waals surface area contributed by atoms with Gasteiger partial charge < -0.3 is 0 Å². The molecule has 1 aliphatic rings. The lowest BCUT2D eigenvalue weighted by Gasteiger charge is -2.32. The quantitative estimate of drug-likeness (QED) is 0.598. The highest BCUT2D eigenvalue weighted by atomic mass is 35.5. The molecule has 29 heavy (non-hydrogen) atoms. The number of aryl methyl sites for hydroxylation is 2. The van der Waals surface area contributed by atoms with Crippen LogP contribution in [-0.2, 0) is 32.5 Å². The lowest BCUT2D eigenvalue weighted by Crippen LogP contribution is -2.34. The fraction of sp³-hybridized carbons (Fsp3) is 0.348. The van der Waals surface area contributed by atoms with E-state index in [1.165, 1.54) is 15.8 Å². The van der Waals surface area contributed by atoms with E-state index in [1.54, 1.807) is 18.7 Å². The van der Waals surface area contributed by atoms with Crippen molar-refractivity contribution in [3.63, 3.8) is 0 Å². The number of aromatic nitrogens is 3. The fourth-order valence-corrected chi connectivity index (χ4v) is 4.62. The number of nitrogens with zero attached hydrogens (tertiary/aromatic N) is 4. The standard InChI is InChI=1S/C23H25ClN4O/c1-4-23(14-13-16-7-5-6-8-19(16)23)21(17-9-11-18(24)12-10-17)25-15-20-26-28(3)22(29)27(20)2/h5-12H,4,13-15H2,1-3H3/t23-/m1/s1. The van der Waals surface area contributed by atoms with Crippen molar-refractivity contribution in [3.05, 3.63) is 86.6 Å². The summed E-state index contributed by atoms with van der Waals surface area (Å²) in [5, 5.41) is 5.05. The van der Waals surface area contributed by atoms with Crippen molar-refractivity contribution in [3.8, 4) is 0 Å². The van der Waals surface area contributed by atoms with Gasteiger partial charge in [-0.1, -0.05) is 54.9 Å². The van der Waals surface area contributed by atoms with Crippen LogP contribution < -0.4 is 5.69 Å². The molecule has 0 amide bonds. The first kappa shape index (κ1) is 19.6. The normalized spacial score (nSPS) is 18.8. The van der Waals surface area contributed by atoms with Gasteiger partial charge in [0.05, 0.1) is 12.3 Å². The molecular formula is C23H25ClN4O. The van der Waals surface area contributed by atoms with E-state index < -0.39 is 0 Å². The molecule has 0 spiro atoms. The molecule has 4 rings (SSSR count). The Balaban J connectivity index is 1.86. The summed E-state index contributed by atoms with van der Waals surface area (Å²) < 4.78 is 2.91. The Morgan fingerprint density at radius 3 is 2.55 bits per heavy atom. The lowest BCUT2D eigenvalue weighted by atomic mass is 9.72. The summed E-state index contributed by atoms with van der Waals surface area (Å²) in [6.07, 6.45) is 3.01. The molecule has 0 radical (unpaired) electrons. The highest BCUT2D eigenvalue weighted by Gasteiger charge is 2.42. The van der Waals surface area contributed by atoms with E-state index >= 15 is 0 Å². The Hall–Kier alpha value is -2.66. The Morgan fingerprint density at radius 1 is 1.17 bits per heavy atom. The topological polar surface area (TPSA) is 52.2 Å². The average molecular weight is 409 g/mol. The summed E-state index contributed by atoms with van der Waals surface area (Å²) in [7, 11) is 3.40. The van der Waals surface area contributed by atoms with Crippen molar-refractivity contribution in [2.24, 2.45) is 19.1 Å². The summed E-state index contributed by atoms with van der Waals surface area (Å²) in [4.78, 5) is 17.2. The minimum Gasteiger partial charge on any atom is -0.280 e. The van der Waals surface area contributed by atoms with E-state index in [9.17, 15) is 4.79 Å². The maximum atomic E-state index is 12.1. The Labute approximate surface area is 175 Å². The van der Waals surface area contributed by atoms with E-state index in [0.29, 0.717) is 17.4 Å². The molecule has 1 atom stereocenters. The first-order chi connectivity index (χ1) is 14.0. The SMILES string of the molecule is CC[C@@]1(C(=NCc2nn(C)c(=O)n2C)c2ccc(Cl)cc2)CCc2ccccc21. The number of aliphatic imine (C=N–C) groups is 1. The molecule has 3 aromatic rings. The average Bonchev–Trinajstić information content (AvgIpc) is 3.23. The molecule has 1 heterocycles. The Morgan fingerprint density at radius 2 is 1.90 bits per heavy atom. The van der Waals surface area contributed by atoms with Gasteiger partial charge >= 0.3 is 5.69 Å². The highest BCUT2D eigenvalue weighted by Crippen LogP contribution is 2.44. The third-order valence-electron chi connectivity index (χ3n) is 6.12. The smallest absolute Gasteiger partial charge is 0.280 e. The Bertz CT molecular complexity index is 1130. The van der Waals surface area contributed by atoms with E-state index in [4.69, 9.17) is 16.6 Å². The summed E-state index contributed by atoms with van der Waals surface area (Å²) in [5.41, 5.74) is 4.55. The Kier molecular flexibility index (Phi) is 5.17. The predicted molar refractivity (Wildman–Crippen MR) is 117 cm³/mol. The van der Waals surface area contributed by atoms with Crippen LogP contribution in [0.1, 0.15) is 42.3 Å². The van der Waals surface area contributed by atoms with Gasteiger partial charge in [0, 0.05) is 24.5 Å². The second kappa shape index (κ2) is 7.64. The summed E-state index contributed by atoms with van der Waals surface area (Å²) in [5.74, 6) is 0.654. The molecule has 0 saturated carbocycles. The summed E-state index contributed by atoms with van der Waals surface area (Å²) >= 11 is 6.15. The molecule has 0 N–H and O–H groups in total. The number of rotatable bonds is 5. The van der Waals surface area contributed by atoms with Gasteiger partial charge in [0.1, 0.15) is 0 Å². The zero-order valence-corrected chi connectivity index (χ0v) is 17.8. The zero-order valence-electron chi connectivity index (χ0n) is 17.0. The van der Waals surface area contributed by atoms with Gasteiger partial charge in [0.25, 0.3) is 0 Å². The third kappa shape index (κ3) is 3.33. The monoisotopic (exact) mass is 408 g/mol. The number of halogens is 1. The van der Waals surface area contributed by atoms with Crippen LogP contribution in [0.15, 0.2) is 58.3 Å². The maximum absolute atomic E-state index is 12.1. The zero-order chi connectivity index (χ0) is 20.6. The lowest BCUT2D eigenvalue weighted by molar-refractivity contribution is 0.546. The largest absolute Gasteiger partial charge is 0.345 e. The van der Waals surface area contributed by atoms with Gasteiger partial charge in [-0.25, -0.2) is 9.48 Å². The van der Waals surface area contributed by atoms with Gasteiger partial charge in [-0.3, -0.25) is 9.56 Å². The molecule has 150 valence electrons. The van der Waals surface area contributed by atoms with Crippen molar-refractivity contribution in [1.82, 2.24) is 14.3 Å². The molecule has 0 fully saturated rings. The fourth-order valence-electron chi connectivity index (χ4n) is 4.49. The van der Waals surface area contributed by atoms with Crippen LogP contribution in [0.2, 0.25) is 5.02 Å². The van der Waals surface area contributed by atoms with Gasteiger partial charge in [-0.15, -0.1) is 0 Å². The van der Waals surface area contributed by atoms with E-state index in [2.05, 4.69) is 36.3 Å². The van der Waals surface area contributed by atoms with Gasteiger partial charge in [-0.2, -0.15) is 5.10 Å². The molecule has 5 nitrogen and oxygen atoms in total. The van der Waals surface area contributed by atoms with Crippen molar-refractivity contribution in [1.29, 1.82) is 0 Å². The second-order valence-corrected chi connectivity index (χ2v) is 8.08. The molecule has 1 aromatic heterocycles. The maximum Gasteiger partial charge on any atom is 0.345 e. The molecule has 0 bridgehead atoms. The molecule has 1 aliphatic carbocycles. The van der Waals surface area contributed by atoms with Crippen molar-refractivity contribution in [2.75, 3.05) is 0 Å². The van der Waals surface area contributed by atoms with Crippen molar-refractivity contribution >= 4 is 17.3 Å². The summed E-state index contributed by atoms with van der Waals surface area (Å²) in [6, 6.07) is 16.6. The highest BCUT2D eigenvalue weighted by molar-refractivity contribution is 6.30. The van der Waals surface area contributed by atoms with E-state index in [-0.39, 0.29) is 11.1 Å². The van der Waals surface area contributed by atoms with Gasteiger partial charge in [0.15, 0.2) is 5.82 Å². The first-order valence-corrected chi connectivity index (χ1v) is 10.3. The minimum atomic E-state index is -0.155. The number of hydrogen-bond acceptors (Lipinski definition) is 3. The minimum absolute atomic E-state index is 0.139. The molecule has 6 heteroatoms. The van der Waals surface area contributed by atoms with Crippen LogP contribution in [0.5, 0.6) is 0 Å². The molecular weight excluding hydrogens is 384 g/mol. The van der Waals surface area contributed by atoms with Crippen molar-refractivity contribution in [2.45, 2.75) is 38.1 Å². The first-order valence-electron chi connectivity index (χ1n) is 9.94. The molecule has 0 saturated heterocycles. The van der Waals surface area contributed by atoms with Gasteiger partial charge in [-0.05, 0) is 48.1 Å².